The van der Waals surface area contributed by atoms with E-state index in [1.807, 2.05) is 36.4 Å². The van der Waals surface area contributed by atoms with E-state index in [1.165, 1.54) is 6.20 Å². The number of pyridine rings is 2. The number of nitriles is 1. The number of hydrogen-bond acceptors (Lipinski definition) is 8. The second-order valence-electron chi connectivity index (χ2n) is 8.92. The normalized spacial score (nSPS) is 14.3. The number of rotatable bonds is 8. The third-order valence-corrected chi connectivity index (χ3v) is 6.59. The van der Waals surface area contributed by atoms with E-state index in [0.717, 1.165) is 16.9 Å². The van der Waals surface area contributed by atoms with Gasteiger partial charge in [0.15, 0.2) is 6.10 Å². The highest BCUT2D eigenvalue weighted by Gasteiger charge is 2.27. The zero-order chi connectivity index (χ0) is 26.5. The van der Waals surface area contributed by atoms with Gasteiger partial charge < -0.3 is 24.4 Å². The number of amides is 1. The molecule has 0 aliphatic carbocycles. The number of fused-ring (bicyclic) bond motifs is 1. The summed E-state index contributed by atoms with van der Waals surface area (Å²) in [5.74, 6) is 1.12. The van der Waals surface area contributed by atoms with Crippen LogP contribution < -0.4 is 9.64 Å². The van der Waals surface area contributed by atoms with Crippen molar-refractivity contribution in [3.63, 3.8) is 0 Å². The summed E-state index contributed by atoms with van der Waals surface area (Å²) in [6.07, 6.45) is 3.89. The van der Waals surface area contributed by atoms with Crippen molar-refractivity contribution in [1.82, 2.24) is 19.5 Å². The van der Waals surface area contributed by atoms with Crippen molar-refractivity contribution in [2.45, 2.75) is 6.10 Å². The molecule has 0 bridgehead atoms. The number of benzene rings is 1. The molecule has 1 aromatic carbocycles. The summed E-state index contributed by atoms with van der Waals surface area (Å²) in [4.78, 5) is 21.3. The number of carbonyl (C=O) groups excluding carboxylic acids is 1. The topological polar surface area (TPSA) is 116 Å². The molecular weight excluding hydrogens is 484 g/mol. The SMILES string of the molecule is COCCOc1cc(-c2ccc(N3CCN(C(=O)C(O)c4ccccc4)CC3)nc2)c2c(C#N)cnn2c1. The van der Waals surface area contributed by atoms with Gasteiger partial charge in [0.25, 0.3) is 5.91 Å². The van der Waals surface area contributed by atoms with E-state index >= 15 is 0 Å². The lowest BCUT2D eigenvalue weighted by Crippen LogP contribution is -2.50. The Kier molecular flexibility index (Phi) is 7.49. The quantitative estimate of drug-likeness (QED) is 0.358. The summed E-state index contributed by atoms with van der Waals surface area (Å²) < 4.78 is 12.5. The molecule has 10 nitrogen and oxygen atoms in total. The molecule has 194 valence electrons. The number of nitrogens with zero attached hydrogens (tertiary/aromatic N) is 6. The van der Waals surface area contributed by atoms with Gasteiger partial charge in [0.1, 0.15) is 24.2 Å². The molecule has 1 unspecified atom stereocenters. The summed E-state index contributed by atoms with van der Waals surface area (Å²) in [7, 11) is 1.61. The molecule has 4 aromatic rings. The zero-order valence-electron chi connectivity index (χ0n) is 21.0. The van der Waals surface area contributed by atoms with Crippen molar-refractivity contribution in [3.05, 3.63) is 78.2 Å². The molecular formula is C28H28N6O4. The lowest BCUT2D eigenvalue weighted by atomic mass is 10.1. The number of methoxy groups -OCH3 is 1. The fraction of sp³-hybridized carbons (Fsp3) is 0.286. The van der Waals surface area contributed by atoms with Crippen LogP contribution in [0.15, 0.2) is 67.1 Å². The molecule has 3 aromatic heterocycles. The first kappa shape index (κ1) is 25.2. The number of hydrogen-bond donors (Lipinski definition) is 1. The third kappa shape index (κ3) is 5.16. The van der Waals surface area contributed by atoms with Crippen LogP contribution in [-0.2, 0) is 9.53 Å². The van der Waals surface area contributed by atoms with Gasteiger partial charge in [-0.25, -0.2) is 9.50 Å². The molecule has 1 saturated heterocycles. The number of piperazine rings is 1. The second kappa shape index (κ2) is 11.3. The highest BCUT2D eigenvalue weighted by molar-refractivity contribution is 5.85. The molecule has 38 heavy (non-hydrogen) atoms. The predicted molar refractivity (Wildman–Crippen MR) is 141 cm³/mol. The lowest BCUT2D eigenvalue weighted by molar-refractivity contribution is -0.140. The van der Waals surface area contributed by atoms with Gasteiger partial charge in [-0.3, -0.25) is 4.79 Å². The zero-order valence-corrected chi connectivity index (χ0v) is 21.0. The van der Waals surface area contributed by atoms with Crippen LogP contribution in [-0.4, -0.2) is 77.0 Å². The summed E-state index contributed by atoms with van der Waals surface area (Å²) in [5.41, 5.74) is 3.36. The van der Waals surface area contributed by atoms with Gasteiger partial charge >= 0.3 is 0 Å². The van der Waals surface area contributed by atoms with Gasteiger partial charge in [-0.15, -0.1) is 0 Å². The van der Waals surface area contributed by atoms with Crippen LogP contribution in [0.3, 0.4) is 0 Å². The Hall–Kier alpha value is -4.46. The second-order valence-corrected chi connectivity index (χ2v) is 8.92. The molecule has 0 spiro atoms. The standard InChI is InChI=1S/C28H28N6O4/c1-37-13-14-38-23-15-24(26-22(16-29)18-31-34(26)19-23)21-7-8-25(30-17-21)32-9-11-33(12-10-32)28(36)27(35)20-5-3-2-4-6-20/h2-8,15,17-19,27,35H,9-14H2,1H3. The van der Waals surface area contributed by atoms with Gasteiger partial charge in [0.05, 0.1) is 30.1 Å². The predicted octanol–water partition coefficient (Wildman–Crippen LogP) is 2.68. The summed E-state index contributed by atoms with van der Waals surface area (Å²) in [6, 6.07) is 17.0. The first-order valence-electron chi connectivity index (χ1n) is 12.4. The van der Waals surface area contributed by atoms with Crippen molar-refractivity contribution in [3.8, 4) is 22.9 Å². The van der Waals surface area contributed by atoms with Gasteiger partial charge in [-0.1, -0.05) is 30.3 Å². The summed E-state index contributed by atoms with van der Waals surface area (Å²) >= 11 is 0. The van der Waals surface area contributed by atoms with Crippen LogP contribution in [0.1, 0.15) is 17.2 Å². The largest absolute Gasteiger partial charge is 0.490 e. The first-order valence-corrected chi connectivity index (χ1v) is 12.4. The van der Waals surface area contributed by atoms with E-state index in [2.05, 4.69) is 21.1 Å². The Balaban J connectivity index is 1.30. The maximum absolute atomic E-state index is 12.8. The highest BCUT2D eigenvalue weighted by Crippen LogP contribution is 2.31. The number of aromatic nitrogens is 3. The fourth-order valence-electron chi connectivity index (χ4n) is 4.56. The molecule has 0 radical (unpaired) electrons. The smallest absolute Gasteiger partial charge is 0.256 e. The Morgan fingerprint density at radius 1 is 1.11 bits per heavy atom. The molecule has 1 aliphatic rings. The summed E-state index contributed by atoms with van der Waals surface area (Å²) in [5, 5.41) is 24.4. The van der Waals surface area contributed by atoms with Crippen LogP contribution in [0.25, 0.3) is 16.6 Å². The maximum atomic E-state index is 12.8. The van der Waals surface area contributed by atoms with Gasteiger partial charge in [0, 0.05) is 50.6 Å². The number of carbonyl (C=O) groups is 1. The minimum absolute atomic E-state index is 0.287. The van der Waals surface area contributed by atoms with Crippen LogP contribution in [0, 0.1) is 11.3 Å². The number of aliphatic hydroxyl groups is 1. The van der Waals surface area contributed by atoms with Gasteiger partial charge in [-0.2, -0.15) is 10.4 Å². The molecule has 0 saturated carbocycles. The molecule has 1 N–H and O–H groups in total. The van der Waals surface area contributed by atoms with E-state index in [-0.39, 0.29) is 5.91 Å². The van der Waals surface area contributed by atoms with Crippen molar-refractivity contribution < 1.29 is 19.4 Å². The molecule has 4 heterocycles. The van der Waals surface area contributed by atoms with E-state index in [9.17, 15) is 15.2 Å². The van der Waals surface area contributed by atoms with Crippen molar-refractivity contribution in [2.75, 3.05) is 51.4 Å². The molecule has 1 fully saturated rings. The van der Waals surface area contributed by atoms with Gasteiger partial charge in [0.2, 0.25) is 0 Å². The highest BCUT2D eigenvalue weighted by atomic mass is 16.5. The van der Waals surface area contributed by atoms with Crippen molar-refractivity contribution >= 4 is 17.2 Å². The Morgan fingerprint density at radius 2 is 1.89 bits per heavy atom. The number of anilines is 1. The lowest BCUT2D eigenvalue weighted by Gasteiger charge is -2.36. The van der Waals surface area contributed by atoms with E-state index in [4.69, 9.17) is 9.47 Å². The van der Waals surface area contributed by atoms with E-state index in [1.54, 1.807) is 41.1 Å². The molecule has 1 atom stereocenters. The Bertz CT molecular complexity index is 1440. The molecule has 5 rings (SSSR count). The Labute approximate surface area is 220 Å². The van der Waals surface area contributed by atoms with Crippen molar-refractivity contribution in [2.24, 2.45) is 0 Å². The van der Waals surface area contributed by atoms with E-state index in [0.29, 0.717) is 61.8 Å². The Morgan fingerprint density at radius 3 is 2.58 bits per heavy atom. The molecule has 1 amide bonds. The number of aliphatic hydroxyl groups excluding tert-OH is 1. The van der Waals surface area contributed by atoms with Crippen LogP contribution >= 0.6 is 0 Å². The third-order valence-electron chi connectivity index (χ3n) is 6.59. The molecule has 10 heteroatoms. The van der Waals surface area contributed by atoms with Gasteiger partial charge in [-0.05, 0) is 23.8 Å². The van der Waals surface area contributed by atoms with Crippen LogP contribution in [0.4, 0.5) is 5.82 Å². The average Bonchev–Trinajstić information content (AvgIpc) is 3.40. The minimum atomic E-state index is -1.16. The number of ether oxygens (including phenoxy) is 2. The minimum Gasteiger partial charge on any atom is -0.490 e. The van der Waals surface area contributed by atoms with Crippen molar-refractivity contribution in [1.29, 1.82) is 5.26 Å². The average molecular weight is 513 g/mol. The van der Waals surface area contributed by atoms with Crippen LogP contribution in [0.2, 0.25) is 0 Å². The van der Waals surface area contributed by atoms with E-state index < -0.39 is 6.10 Å². The summed E-state index contributed by atoms with van der Waals surface area (Å²) in [6.45, 7) is 3.05. The fourth-order valence-corrected chi connectivity index (χ4v) is 4.56. The molecule has 1 aliphatic heterocycles. The monoisotopic (exact) mass is 512 g/mol. The first-order chi connectivity index (χ1) is 18.6. The van der Waals surface area contributed by atoms with Crippen LogP contribution in [0.5, 0.6) is 5.75 Å². The maximum Gasteiger partial charge on any atom is 0.256 e.